The van der Waals surface area contributed by atoms with Gasteiger partial charge < -0.3 is 20.1 Å². The highest BCUT2D eigenvalue weighted by Gasteiger charge is 2.41. The van der Waals surface area contributed by atoms with Crippen molar-refractivity contribution in [2.45, 2.75) is 48.8 Å². The molecule has 0 aromatic heterocycles. The summed E-state index contributed by atoms with van der Waals surface area (Å²) in [6, 6.07) is 0. The number of alkyl halides is 1. The van der Waals surface area contributed by atoms with Crippen molar-refractivity contribution in [2.24, 2.45) is 5.92 Å². The molecule has 0 saturated carbocycles. The Morgan fingerprint density at radius 1 is 1.29 bits per heavy atom. The Balaban J connectivity index is 2.60. The van der Waals surface area contributed by atoms with Crippen LogP contribution >= 0.6 is 22.6 Å². The Hall–Kier alpha value is 0.570. The van der Waals surface area contributed by atoms with Crippen LogP contribution in [0.3, 0.4) is 0 Å². The zero-order valence-corrected chi connectivity index (χ0v) is 10.5. The van der Waals surface area contributed by atoms with E-state index >= 15 is 0 Å². The van der Waals surface area contributed by atoms with Crippen LogP contribution in [0.4, 0.5) is 0 Å². The van der Waals surface area contributed by atoms with E-state index < -0.39 is 18.5 Å². The Bertz CT molecular complexity index is 188. The van der Waals surface area contributed by atoms with Gasteiger partial charge in [-0.25, -0.2) is 0 Å². The maximum atomic E-state index is 9.61. The minimum absolute atomic E-state index is 0.148. The number of aliphatic hydroxyl groups is 3. The molecule has 1 saturated heterocycles. The lowest BCUT2D eigenvalue weighted by atomic mass is 9.88. The first kappa shape index (κ1) is 12.6. The van der Waals surface area contributed by atoms with E-state index in [1.807, 2.05) is 13.8 Å². The van der Waals surface area contributed by atoms with Crippen molar-refractivity contribution in [1.29, 1.82) is 0 Å². The van der Waals surface area contributed by atoms with Gasteiger partial charge in [0, 0.05) is 9.84 Å². The molecule has 1 fully saturated rings. The van der Waals surface area contributed by atoms with Gasteiger partial charge in [-0.15, -0.1) is 0 Å². The third kappa shape index (κ3) is 2.79. The third-order valence-electron chi connectivity index (χ3n) is 2.64. The van der Waals surface area contributed by atoms with Gasteiger partial charge in [-0.05, 0) is 6.42 Å². The number of ether oxygens (including phenoxy) is 1. The molecule has 0 aromatic carbocycles. The summed E-state index contributed by atoms with van der Waals surface area (Å²) in [5, 5.41) is 28.3. The van der Waals surface area contributed by atoms with E-state index in [9.17, 15) is 15.3 Å². The number of hydrogen-bond acceptors (Lipinski definition) is 4. The fraction of sp³-hybridized carbons (Fsp3) is 1.00. The van der Waals surface area contributed by atoms with Crippen molar-refractivity contribution in [3.63, 3.8) is 0 Å². The average molecular weight is 316 g/mol. The van der Waals surface area contributed by atoms with Gasteiger partial charge in [-0.3, -0.25) is 0 Å². The lowest BCUT2D eigenvalue weighted by molar-refractivity contribution is -0.266. The second-order valence-corrected chi connectivity index (χ2v) is 6.05. The standard InChI is InChI=1S/C9H17IO4/c1-4(10)3-6-5(2)7(11)8(12)9(13)14-6/h4-9,11-13H,3H2,1-2H3/t4?,5-,6+,7+,8-,9?/m1/s1. The summed E-state index contributed by atoms with van der Waals surface area (Å²) in [6.45, 7) is 3.86. The summed E-state index contributed by atoms with van der Waals surface area (Å²) in [4.78, 5) is 0. The van der Waals surface area contributed by atoms with Crippen molar-refractivity contribution < 1.29 is 20.1 Å². The van der Waals surface area contributed by atoms with Gasteiger partial charge in [0.15, 0.2) is 6.29 Å². The molecule has 0 spiro atoms. The van der Waals surface area contributed by atoms with Gasteiger partial charge >= 0.3 is 0 Å². The molecule has 1 rings (SSSR count). The van der Waals surface area contributed by atoms with Crippen LogP contribution in [-0.2, 0) is 4.74 Å². The first-order valence-electron chi connectivity index (χ1n) is 4.77. The molecule has 6 atom stereocenters. The van der Waals surface area contributed by atoms with Gasteiger partial charge in [0.05, 0.1) is 12.2 Å². The summed E-state index contributed by atoms with van der Waals surface area (Å²) in [5.41, 5.74) is 0. The molecule has 5 heteroatoms. The minimum Gasteiger partial charge on any atom is -0.390 e. The molecule has 0 radical (unpaired) electrons. The predicted molar refractivity (Wildman–Crippen MR) is 60.2 cm³/mol. The normalized spacial score (nSPS) is 46.3. The van der Waals surface area contributed by atoms with Gasteiger partial charge in [0.2, 0.25) is 0 Å². The van der Waals surface area contributed by atoms with E-state index in [0.29, 0.717) is 3.92 Å². The molecule has 0 aliphatic carbocycles. The van der Waals surface area contributed by atoms with Gasteiger partial charge in [-0.2, -0.15) is 0 Å². The lowest BCUT2D eigenvalue weighted by Gasteiger charge is -2.39. The van der Waals surface area contributed by atoms with Crippen LogP contribution in [0.15, 0.2) is 0 Å². The summed E-state index contributed by atoms with van der Waals surface area (Å²) in [7, 11) is 0. The first-order chi connectivity index (χ1) is 6.43. The highest BCUT2D eigenvalue weighted by atomic mass is 127. The van der Waals surface area contributed by atoms with E-state index in [0.717, 1.165) is 6.42 Å². The zero-order chi connectivity index (χ0) is 10.9. The molecule has 2 unspecified atom stereocenters. The smallest absolute Gasteiger partial charge is 0.183 e. The van der Waals surface area contributed by atoms with E-state index in [4.69, 9.17) is 4.74 Å². The third-order valence-corrected chi connectivity index (χ3v) is 3.15. The molecule has 1 aliphatic rings. The fourth-order valence-corrected chi connectivity index (χ4v) is 2.17. The quantitative estimate of drug-likeness (QED) is 0.505. The largest absolute Gasteiger partial charge is 0.390 e. The van der Waals surface area contributed by atoms with Gasteiger partial charge in [0.25, 0.3) is 0 Å². The average Bonchev–Trinajstić information content (AvgIpc) is 2.10. The molecule has 1 heterocycles. The Labute approximate surface area is 97.4 Å². The summed E-state index contributed by atoms with van der Waals surface area (Å²) in [5.74, 6) is -0.148. The topological polar surface area (TPSA) is 69.9 Å². The number of rotatable bonds is 2. The number of hydrogen-bond donors (Lipinski definition) is 3. The number of halogens is 1. The summed E-state index contributed by atoms with van der Waals surface area (Å²) >= 11 is 2.27. The molecule has 14 heavy (non-hydrogen) atoms. The van der Waals surface area contributed by atoms with Gasteiger partial charge in [-0.1, -0.05) is 36.4 Å². The molecule has 0 amide bonds. The highest BCUT2D eigenvalue weighted by Crippen LogP contribution is 2.28. The number of aliphatic hydroxyl groups excluding tert-OH is 3. The SMILES string of the molecule is CC(I)C[C@@H]1OC(O)[C@H](O)[C@@H](O)[C@@H]1C. The van der Waals surface area contributed by atoms with E-state index in [1.165, 1.54) is 0 Å². The second-order valence-electron chi connectivity index (χ2n) is 3.92. The molecule has 84 valence electrons. The lowest BCUT2D eigenvalue weighted by Crippen LogP contribution is -2.53. The second kappa shape index (κ2) is 5.07. The first-order valence-corrected chi connectivity index (χ1v) is 6.01. The molecule has 4 nitrogen and oxygen atoms in total. The monoisotopic (exact) mass is 316 g/mol. The molecule has 3 N–H and O–H groups in total. The van der Waals surface area contributed by atoms with Crippen LogP contribution < -0.4 is 0 Å². The molecular weight excluding hydrogens is 299 g/mol. The van der Waals surface area contributed by atoms with Crippen LogP contribution in [0.1, 0.15) is 20.3 Å². The van der Waals surface area contributed by atoms with Crippen molar-refractivity contribution in [3.05, 3.63) is 0 Å². The highest BCUT2D eigenvalue weighted by molar-refractivity contribution is 14.1. The molecule has 0 bridgehead atoms. The molecule has 1 aliphatic heterocycles. The Morgan fingerprint density at radius 3 is 2.36 bits per heavy atom. The molecule has 0 aromatic rings. The fourth-order valence-electron chi connectivity index (χ4n) is 1.67. The predicted octanol–water partition coefficient (Wildman–Crippen LogP) is 0.275. The molecular formula is C9H17IO4. The maximum Gasteiger partial charge on any atom is 0.183 e. The zero-order valence-electron chi connectivity index (χ0n) is 8.30. The van der Waals surface area contributed by atoms with Crippen LogP contribution in [-0.4, -0.2) is 43.8 Å². The minimum atomic E-state index is -1.26. The van der Waals surface area contributed by atoms with Crippen LogP contribution in [0.5, 0.6) is 0 Å². The Morgan fingerprint density at radius 2 is 1.86 bits per heavy atom. The van der Waals surface area contributed by atoms with Crippen LogP contribution in [0.25, 0.3) is 0 Å². The maximum absolute atomic E-state index is 9.61. The van der Waals surface area contributed by atoms with Crippen molar-refractivity contribution >= 4 is 22.6 Å². The van der Waals surface area contributed by atoms with Crippen molar-refractivity contribution in [3.8, 4) is 0 Å². The van der Waals surface area contributed by atoms with E-state index in [2.05, 4.69) is 22.6 Å². The van der Waals surface area contributed by atoms with E-state index in [-0.39, 0.29) is 12.0 Å². The van der Waals surface area contributed by atoms with Crippen LogP contribution in [0, 0.1) is 5.92 Å². The van der Waals surface area contributed by atoms with Crippen molar-refractivity contribution in [1.82, 2.24) is 0 Å². The summed E-state index contributed by atoms with van der Waals surface area (Å²) in [6.07, 6.45) is -2.77. The van der Waals surface area contributed by atoms with Crippen molar-refractivity contribution in [2.75, 3.05) is 0 Å². The van der Waals surface area contributed by atoms with Gasteiger partial charge in [0.1, 0.15) is 6.10 Å². The van der Waals surface area contributed by atoms with Crippen LogP contribution in [0.2, 0.25) is 0 Å². The van der Waals surface area contributed by atoms with E-state index in [1.54, 1.807) is 0 Å². The summed E-state index contributed by atoms with van der Waals surface area (Å²) < 4.78 is 5.64. The Kier molecular flexibility index (Phi) is 4.57.